The number of carboxylic acid groups (broad SMARTS) is 1. The zero-order chi connectivity index (χ0) is 14.5. The first-order chi connectivity index (χ1) is 9.56. The number of carbonyl (C=O) groups excluding carboxylic acids is 1. The summed E-state index contributed by atoms with van der Waals surface area (Å²) in [6.45, 7) is 2.92. The van der Waals surface area contributed by atoms with Crippen LogP contribution in [0.2, 0.25) is 0 Å². The third kappa shape index (κ3) is 3.71. The Balaban J connectivity index is 1.90. The molecule has 1 aliphatic heterocycles. The van der Waals surface area contributed by atoms with E-state index in [0.29, 0.717) is 17.8 Å². The summed E-state index contributed by atoms with van der Waals surface area (Å²) in [5, 5.41) is 14.4. The monoisotopic (exact) mass is 278 g/mol. The largest absolute Gasteiger partial charge is 0.478 e. The molecule has 20 heavy (non-hydrogen) atoms. The molecule has 1 aromatic rings. The molecule has 1 unspecified atom stereocenters. The van der Waals surface area contributed by atoms with Crippen molar-refractivity contribution in [3.05, 3.63) is 29.3 Å². The fraction of sp³-hybridized carbons (Fsp3) is 0.429. The molecule has 0 aromatic heterocycles. The molecule has 1 fully saturated rings. The summed E-state index contributed by atoms with van der Waals surface area (Å²) in [6, 6.07) is 4.43. The van der Waals surface area contributed by atoms with Gasteiger partial charge in [0.15, 0.2) is 0 Å². The smallest absolute Gasteiger partial charge is 0.336 e. The van der Waals surface area contributed by atoms with Gasteiger partial charge in [-0.3, -0.25) is 0 Å². The summed E-state index contributed by atoms with van der Waals surface area (Å²) in [5.41, 5.74) is 1.29. The topological polar surface area (TPSA) is 87.7 Å². The van der Waals surface area contributed by atoms with Crippen molar-refractivity contribution in [3.8, 4) is 0 Å². The number of benzene rings is 1. The third-order valence-electron chi connectivity index (χ3n) is 3.24. The number of ether oxygens (including phenoxy) is 1. The first kappa shape index (κ1) is 14.3. The minimum Gasteiger partial charge on any atom is -0.478 e. The van der Waals surface area contributed by atoms with Gasteiger partial charge in [-0.05, 0) is 37.5 Å². The Morgan fingerprint density at radius 2 is 2.25 bits per heavy atom. The van der Waals surface area contributed by atoms with Crippen molar-refractivity contribution in [3.63, 3.8) is 0 Å². The van der Waals surface area contributed by atoms with Gasteiger partial charge in [-0.25, -0.2) is 9.59 Å². The van der Waals surface area contributed by atoms with Crippen molar-refractivity contribution in [2.45, 2.75) is 25.9 Å². The second kappa shape index (κ2) is 6.38. The Kier molecular flexibility index (Phi) is 4.57. The van der Waals surface area contributed by atoms with Gasteiger partial charge >= 0.3 is 12.0 Å². The lowest BCUT2D eigenvalue weighted by atomic mass is 10.1. The van der Waals surface area contributed by atoms with Crippen LogP contribution < -0.4 is 10.6 Å². The molecule has 1 heterocycles. The van der Waals surface area contributed by atoms with Crippen molar-refractivity contribution >= 4 is 17.7 Å². The van der Waals surface area contributed by atoms with Crippen molar-refractivity contribution in [2.75, 3.05) is 18.5 Å². The van der Waals surface area contributed by atoms with E-state index in [2.05, 4.69) is 10.6 Å². The van der Waals surface area contributed by atoms with Crippen LogP contribution >= 0.6 is 0 Å². The van der Waals surface area contributed by atoms with Gasteiger partial charge in [-0.1, -0.05) is 6.07 Å². The summed E-state index contributed by atoms with van der Waals surface area (Å²) in [7, 11) is 0. The molecule has 6 nitrogen and oxygen atoms in total. The van der Waals surface area contributed by atoms with Crippen molar-refractivity contribution in [1.29, 1.82) is 0 Å². The lowest BCUT2D eigenvalue weighted by molar-refractivity contribution is 0.0696. The third-order valence-corrected chi connectivity index (χ3v) is 3.24. The predicted molar refractivity (Wildman–Crippen MR) is 74.1 cm³/mol. The number of urea groups is 1. The molecular weight excluding hydrogens is 260 g/mol. The Bertz CT molecular complexity index is 510. The highest BCUT2D eigenvalue weighted by molar-refractivity contribution is 5.94. The fourth-order valence-electron chi connectivity index (χ4n) is 2.12. The van der Waals surface area contributed by atoms with E-state index in [9.17, 15) is 9.59 Å². The number of amides is 2. The zero-order valence-electron chi connectivity index (χ0n) is 11.3. The first-order valence-corrected chi connectivity index (χ1v) is 6.56. The molecule has 2 rings (SSSR count). The number of hydrogen-bond donors (Lipinski definition) is 3. The van der Waals surface area contributed by atoms with Gasteiger partial charge in [-0.15, -0.1) is 0 Å². The van der Waals surface area contributed by atoms with Crippen LogP contribution in [0.25, 0.3) is 0 Å². The van der Waals surface area contributed by atoms with Gasteiger partial charge in [0.2, 0.25) is 0 Å². The summed E-state index contributed by atoms with van der Waals surface area (Å²) < 4.78 is 5.40. The second-order valence-corrected chi connectivity index (χ2v) is 4.80. The zero-order valence-corrected chi connectivity index (χ0v) is 11.3. The molecule has 2 amide bonds. The predicted octanol–water partition coefficient (Wildman–Crippen LogP) is 1.99. The van der Waals surface area contributed by atoms with Gasteiger partial charge in [0.05, 0.1) is 11.7 Å². The molecule has 0 radical (unpaired) electrons. The van der Waals surface area contributed by atoms with E-state index in [4.69, 9.17) is 9.84 Å². The summed E-state index contributed by atoms with van der Waals surface area (Å²) in [6.07, 6.45) is 2.05. The van der Waals surface area contributed by atoms with Gasteiger partial charge in [0.25, 0.3) is 0 Å². The average Bonchev–Trinajstić information content (AvgIpc) is 2.91. The van der Waals surface area contributed by atoms with E-state index in [-0.39, 0.29) is 17.7 Å². The van der Waals surface area contributed by atoms with Crippen LogP contribution in [-0.2, 0) is 4.74 Å². The second-order valence-electron chi connectivity index (χ2n) is 4.80. The highest BCUT2D eigenvalue weighted by Gasteiger charge is 2.16. The van der Waals surface area contributed by atoms with Crippen molar-refractivity contribution in [1.82, 2.24) is 5.32 Å². The maximum atomic E-state index is 11.7. The van der Waals surface area contributed by atoms with Crippen LogP contribution in [0.15, 0.2) is 18.2 Å². The van der Waals surface area contributed by atoms with Crippen LogP contribution in [0.1, 0.15) is 28.8 Å². The van der Waals surface area contributed by atoms with E-state index in [1.807, 2.05) is 0 Å². The number of aryl methyl sites for hydroxylation is 1. The minimum atomic E-state index is -1.01. The summed E-state index contributed by atoms with van der Waals surface area (Å²) >= 11 is 0. The van der Waals surface area contributed by atoms with Crippen molar-refractivity contribution in [2.24, 2.45) is 0 Å². The van der Waals surface area contributed by atoms with Crippen LogP contribution in [0.4, 0.5) is 10.5 Å². The molecule has 6 heteroatoms. The van der Waals surface area contributed by atoms with E-state index >= 15 is 0 Å². The summed E-state index contributed by atoms with van der Waals surface area (Å²) in [4.78, 5) is 22.7. The standard InChI is InChI=1S/C14H18N2O4/c1-9-4-5-10(7-12(9)13(17)18)16-14(19)15-8-11-3-2-6-20-11/h4-5,7,11H,2-3,6,8H2,1H3,(H,17,18)(H2,15,16,19). The van der Waals surface area contributed by atoms with Crippen LogP contribution in [-0.4, -0.2) is 36.4 Å². The molecule has 1 aliphatic rings. The van der Waals surface area contributed by atoms with Gasteiger partial charge < -0.3 is 20.5 Å². The Morgan fingerprint density at radius 3 is 2.90 bits per heavy atom. The lowest BCUT2D eigenvalue weighted by Gasteiger charge is -2.12. The maximum Gasteiger partial charge on any atom is 0.336 e. The summed E-state index contributed by atoms with van der Waals surface area (Å²) in [5.74, 6) is -1.01. The number of carboxylic acids is 1. The van der Waals surface area contributed by atoms with E-state index in [1.54, 1.807) is 19.1 Å². The number of rotatable bonds is 4. The van der Waals surface area contributed by atoms with Crippen LogP contribution in [0.3, 0.4) is 0 Å². The Labute approximate surface area is 117 Å². The first-order valence-electron chi connectivity index (χ1n) is 6.56. The molecule has 108 valence electrons. The van der Waals surface area contributed by atoms with Crippen LogP contribution in [0, 0.1) is 6.92 Å². The maximum absolute atomic E-state index is 11.7. The molecule has 1 saturated heterocycles. The molecular formula is C14H18N2O4. The SMILES string of the molecule is Cc1ccc(NC(=O)NCC2CCCO2)cc1C(=O)O. The van der Waals surface area contributed by atoms with Gasteiger partial charge in [-0.2, -0.15) is 0 Å². The Morgan fingerprint density at radius 1 is 1.45 bits per heavy atom. The van der Waals surface area contributed by atoms with Crippen LogP contribution in [0.5, 0.6) is 0 Å². The van der Waals surface area contributed by atoms with E-state index < -0.39 is 5.97 Å². The van der Waals surface area contributed by atoms with Crippen molar-refractivity contribution < 1.29 is 19.4 Å². The number of carbonyl (C=O) groups is 2. The molecule has 0 aliphatic carbocycles. The highest BCUT2D eigenvalue weighted by Crippen LogP contribution is 2.15. The molecule has 1 aromatic carbocycles. The molecule has 1 atom stereocenters. The van der Waals surface area contributed by atoms with E-state index in [1.165, 1.54) is 6.07 Å². The fourth-order valence-corrected chi connectivity index (χ4v) is 2.12. The molecule has 0 saturated carbocycles. The van der Waals surface area contributed by atoms with Gasteiger partial charge in [0.1, 0.15) is 0 Å². The van der Waals surface area contributed by atoms with E-state index in [0.717, 1.165) is 19.4 Å². The van der Waals surface area contributed by atoms with Gasteiger partial charge in [0, 0.05) is 18.8 Å². The Hall–Kier alpha value is -2.08. The number of anilines is 1. The quantitative estimate of drug-likeness (QED) is 0.786. The highest BCUT2D eigenvalue weighted by atomic mass is 16.5. The average molecular weight is 278 g/mol. The number of nitrogens with one attached hydrogen (secondary N) is 2. The lowest BCUT2D eigenvalue weighted by Crippen LogP contribution is -2.35. The number of hydrogen-bond acceptors (Lipinski definition) is 3. The molecule has 0 spiro atoms. The molecule has 3 N–H and O–H groups in total. The normalized spacial score (nSPS) is 17.8. The number of aromatic carboxylic acids is 1. The minimum absolute atomic E-state index is 0.0772. The molecule has 0 bridgehead atoms.